The second-order valence-corrected chi connectivity index (χ2v) is 7.81. The summed E-state index contributed by atoms with van der Waals surface area (Å²) in [5, 5.41) is 10.3. The Morgan fingerprint density at radius 2 is 2.00 bits per heavy atom. The normalized spacial score (nSPS) is 21.1. The molecule has 1 saturated heterocycles. The van der Waals surface area contributed by atoms with Crippen molar-refractivity contribution in [3.8, 4) is 11.6 Å². The number of nitrogens with zero attached hydrogens (tertiary/aromatic N) is 2. The number of aliphatic hydroxyl groups excluding tert-OH is 1. The average molecular weight is 388 g/mol. The lowest BCUT2D eigenvalue weighted by molar-refractivity contribution is -0.00267. The second-order valence-electron chi connectivity index (χ2n) is 7.81. The standard InChI is InChI=1S/C21H22F2N2O3/c22-15-3-4-18(17(23)10-15)28-19-9-14(5-8-24-19)20(27)25-12-16(26)11-21(13-25)6-1-2-7-21/h3-5,8-10,16,26H,1-2,6-7,11-13H2. The van der Waals surface area contributed by atoms with E-state index in [0.717, 1.165) is 44.2 Å². The van der Waals surface area contributed by atoms with Crippen LogP contribution in [0.1, 0.15) is 42.5 Å². The van der Waals surface area contributed by atoms with Crippen molar-refractivity contribution in [1.29, 1.82) is 0 Å². The molecule has 28 heavy (non-hydrogen) atoms. The van der Waals surface area contributed by atoms with E-state index in [1.165, 1.54) is 18.3 Å². The second kappa shape index (κ2) is 7.47. The van der Waals surface area contributed by atoms with E-state index in [-0.39, 0.29) is 23.0 Å². The van der Waals surface area contributed by atoms with Crippen LogP contribution in [0.15, 0.2) is 36.5 Å². The molecular weight excluding hydrogens is 366 g/mol. The fourth-order valence-electron chi connectivity index (χ4n) is 4.45. The summed E-state index contributed by atoms with van der Waals surface area (Å²) in [4.78, 5) is 18.7. The molecule has 148 valence electrons. The van der Waals surface area contributed by atoms with Crippen molar-refractivity contribution in [1.82, 2.24) is 9.88 Å². The number of hydrogen-bond acceptors (Lipinski definition) is 4. The Labute approximate surface area is 162 Å². The monoisotopic (exact) mass is 388 g/mol. The fourth-order valence-corrected chi connectivity index (χ4v) is 4.45. The Balaban J connectivity index is 1.52. The molecule has 1 atom stereocenters. The predicted octanol–water partition coefficient (Wildman–Crippen LogP) is 3.92. The molecule has 0 bridgehead atoms. The topological polar surface area (TPSA) is 62.7 Å². The molecule has 1 spiro atoms. The number of likely N-dealkylation sites (tertiary alicyclic amines) is 1. The number of piperidine rings is 1. The summed E-state index contributed by atoms with van der Waals surface area (Å²) >= 11 is 0. The highest BCUT2D eigenvalue weighted by atomic mass is 19.1. The van der Waals surface area contributed by atoms with E-state index < -0.39 is 17.7 Å². The van der Waals surface area contributed by atoms with Crippen LogP contribution in [0.5, 0.6) is 11.6 Å². The van der Waals surface area contributed by atoms with E-state index in [9.17, 15) is 18.7 Å². The van der Waals surface area contributed by atoms with Crippen LogP contribution < -0.4 is 4.74 Å². The van der Waals surface area contributed by atoms with Gasteiger partial charge in [-0.25, -0.2) is 13.8 Å². The van der Waals surface area contributed by atoms with Crippen molar-refractivity contribution >= 4 is 5.91 Å². The first-order chi connectivity index (χ1) is 13.4. The lowest BCUT2D eigenvalue weighted by atomic mass is 9.77. The van der Waals surface area contributed by atoms with Crippen molar-refractivity contribution in [3.63, 3.8) is 0 Å². The highest BCUT2D eigenvalue weighted by Crippen LogP contribution is 2.45. The number of rotatable bonds is 3. The van der Waals surface area contributed by atoms with Gasteiger partial charge >= 0.3 is 0 Å². The third-order valence-corrected chi connectivity index (χ3v) is 5.67. The molecule has 4 rings (SSSR count). The van der Waals surface area contributed by atoms with Crippen molar-refractivity contribution in [3.05, 3.63) is 53.7 Å². The number of aromatic nitrogens is 1. The summed E-state index contributed by atoms with van der Waals surface area (Å²) in [5.41, 5.74) is 0.367. The minimum absolute atomic E-state index is 0.0108. The molecular formula is C21H22F2N2O3. The van der Waals surface area contributed by atoms with Gasteiger partial charge in [-0.2, -0.15) is 0 Å². The quantitative estimate of drug-likeness (QED) is 0.866. The van der Waals surface area contributed by atoms with Gasteiger partial charge in [-0.1, -0.05) is 12.8 Å². The van der Waals surface area contributed by atoms with E-state index in [1.807, 2.05) is 0 Å². The number of aliphatic hydroxyl groups is 1. The van der Waals surface area contributed by atoms with Gasteiger partial charge in [0.25, 0.3) is 5.91 Å². The fraction of sp³-hybridized carbons (Fsp3) is 0.429. The van der Waals surface area contributed by atoms with Crippen LogP contribution in [0.25, 0.3) is 0 Å². The van der Waals surface area contributed by atoms with Crippen LogP contribution in [-0.4, -0.2) is 40.1 Å². The number of benzene rings is 1. The molecule has 1 aromatic carbocycles. The molecule has 1 N–H and O–H groups in total. The van der Waals surface area contributed by atoms with Gasteiger partial charge in [0.1, 0.15) is 5.82 Å². The van der Waals surface area contributed by atoms with Crippen molar-refractivity contribution in [2.45, 2.75) is 38.2 Å². The maximum Gasteiger partial charge on any atom is 0.254 e. The zero-order valence-corrected chi connectivity index (χ0v) is 15.4. The summed E-state index contributed by atoms with van der Waals surface area (Å²) in [6.45, 7) is 0.930. The largest absolute Gasteiger partial charge is 0.436 e. The summed E-state index contributed by atoms with van der Waals surface area (Å²) in [5.74, 6) is -1.88. The molecule has 7 heteroatoms. The molecule has 2 aromatic rings. The Morgan fingerprint density at radius 3 is 2.75 bits per heavy atom. The molecule has 1 amide bonds. The Morgan fingerprint density at radius 1 is 1.21 bits per heavy atom. The first-order valence-electron chi connectivity index (χ1n) is 9.50. The molecule has 1 saturated carbocycles. The van der Waals surface area contributed by atoms with Crippen LogP contribution in [0.3, 0.4) is 0 Å². The lowest BCUT2D eigenvalue weighted by Gasteiger charge is -2.43. The number of carbonyl (C=O) groups is 1. The Hall–Kier alpha value is -2.54. The average Bonchev–Trinajstić information content (AvgIpc) is 3.10. The van der Waals surface area contributed by atoms with Gasteiger partial charge in [-0.05, 0) is 42.9 Å². The number of halogens is 2. The highest BCUT2D eigenvalue weighted by Gasteiger charge is 2.42. The van der Waals surface area contributed by atoms with E-state index >= 15 is 0 Å². The van der Waals surface area contributed by atoms with E-state index in [0.29, 0.717) is 18.7 Å². The summed E-state index contributed by atoms with van der Waals surface area (Å²) in [6, 6.07) is 5.99. The van der Waals surface area contributed by atoms with Gasteiger partial charge in [0, 0.05) is 37.0 Å². The van der Waals surface area contributed by atoms with Crippen LogP contribution in [0.2, 0.25) is 0 Å². The molecule has 5 nitrogen and oxygen atoms in total. The molecule has 2 heterocycles. The minimum Gasteiger partial charge on any atom is -0.436 e. The molecule has 2 aliphatic rings. The van der Waals surface area contributed by atoms with Crippen molar-refractivity contribution in [2.24, 2.45) is 5.41 Å². The number of amides is 1. The van der Waals surface area contributed by atoms with E-state index in [1.54, 1.807) is 11.0 Å². The molecule has 1 aliphatic heterocycles. The van der Waals surface area contributed by atoms with Gasteiger partial charge in [-0.3, -0.25) is 4.79 Å². The van der Waals surface area contributed by atoms with E-state index in [2.05, 4.69) is 4.98 Å². The van der Waals surface area contributed by atoms with Crippen molar-refractivity contribution < 1.29 is 23.4 Å². The SMILES string of the molecule is O=C(c1ccnc(Oc2ccc(F)cc2F)c1)N1CC(O)CC2(CCCC2)C1. The van der Waals surface area contributed by atoms with Crippen LogP contribution in [-0.2, 0) is 0 Å². The summed E-state index contributed by atoms with van der Waals surface area (Å²) in [6.07, 6.45) is 5.95. The maximum absolute atomic E-state index is 13.8. The summed E-state index contributed by atoms with van der Waals surface area (Å²) in [7, 11) is 0. The smallest absolute Gasteiger partial charge is 0.254 e. The number of carbonyl (C=O) groups excluding carboxylic acids is 1. The first kappa shape index (κ1) is 18.8. The van der Waals surface area contributed by atoms with Crippen LogP contribution >= 0.6 is 0 Å². The minimum atomic E-state index is -0.846. The van der Waals surface area contributed by atoms with Gasteiger partial charge in [-0.15, -0.1) is 0 Å². The molecule has 2 fully saturated rings. The summed E-state index contributed by atoms with van der Waals surface area (Å²) < 4.78 is 32.2. The number of β-amino-alcohol motifs (C(OH)–C–C–N with tert-alkyl or cyclic N) is 1. The molecule has 1 unspecified atom stereocenters. The zero-order chi connectivity index (χ0) is 19.7. The molecule has 1 aromatic heterocycles. The Bertz CT molecular complexity index is 884. The van der Waals surface area contributed by atoms with Gasteiger partial charge < -0.3 is 14.7 Å². The predicted molar refractivity (Wildman–Crippen MR) is 98.1 cm³/mol. The van der Waals surface area contributed by atoms with Crippen LogP contribution in [0.4, 0.5) is 8.78 Å². The third-order valence-electron chi connectivity index (χ3n) is 5.67. The number of ether oxygens (including phenoxy) is 1. The molecule has 0 radical (unpaired) electrons. The van der Waals surface area contributed by atoms with E-state index in [4.69, 9.17) is 4.74 Å². The third kappa shape index (κ3) is 3.85. The lowest BCUT2D eigenvalue weighted by Crippen LogP contribution is -2.50. The molecule has 1 aliphatic carbocycles. The highest BCUT2D eigenvalue weighted by molar-refractivity contribution is 5.94. The maximum atomic E-state index is 13.8. The number of hydrogen-bond donors (Lipinski definition) is 1. The zero-order valence-electron chi connectivity index (χ0n) is 15.4. The van der Waals surface area contributed by atoms with Gasteiger partial charge in [0.05, 0.1) is 6.10 Å². The van der Waals surface area contributed by atoms with Gasteiger partial charge in [0.15, 0.2) is 11.6 Å². The first-order valence-corrected chi connectivity index (χ1v) is 9.50. The van der Waals surface area contributed by atoms with Crippen LogP contribution in [0, 0.1) is 17.0 Å². The number of pyridine rings is 1. The van der Waals surface area contributed by atoms with Gasteiger partial charge in [0.2, 0.25) is 5.88 Å². The van der Waals surface area contributed by atoms with Crippen molar-refractivity contribution in [2.75, 3.05) is 13.1 Å². The Kier molecular flexibility index (Phi) is 5.02.